The number of hydrogen-bond donors (Lipinski definition) is 1. The molecule has 4 heteroatoms. The predicted octanol–water partition coefficient (Wildman–Crippen LogP) is 3.05. The van der Waals surface area contributed by atoms with Crippen LogP contribution in [0.3, 0.4) is 0 Å². The summed E-state index contributed by atoms with van der Waals surface area (Å²) in [5.41, 5.74) is 2.93. The van der Waals surface area contributed by atoms with Gasteiger partial charge < -0.3 is 9.67 Å². The number of aromatic nitrogens is 2. The lowest BCUT2D eigenvalue weighted by Crippen LogP contribution is -2.01. The molecule has 1 N–H and O–H groups in total. The van der Waals surface area contributed by atoms with Crippen molar-refractivity contribution >= 4 is 5.97 Å². The molecular weight excluding hydrogens is 240 g/mol. The van der Waals surface area contributed by atoms with Gasteiger partial charge in [-0.3, -0.25) is 0 Å². The van der Waals surface area contributed by atoms with Crippen molar-refractivity contribution < 1.29 is 9.90 Å². The van der Waals surface area contributed by atoms with E-state index in [1.165, 1.54) is 5.56 Å². The maximum absolute atomic E-state index is 11.3. The van der Waals surface area contributed by atoms with Crippen LogP contribution >= 0.6 is 0 Å². The molecule has 0 saturated heterocycles. The third-order valence-corrected chi connectivity index (χ3v) is 3.29. The molecule has 0 fully saturated rings. The van der Waals surface area contributed by atoms with Gasteiger partial charge in [0.15, 0.2) is 5.69 Å². The largest absolute Gasteiger partial charge is 0.476 e. The minimum atomic E-state index is -0.990. The first kappa shape index (κ1) is 13.3. The Morgan fingerprint density at radius 2 is 1.95 bits per heavy atom. The van der Waals surface area contributed by atoms with Crippen molar-refractivity contribution in [2.24, 2.45) is 7.05 Å². The molecule has 1 aromatic heterocycles. The zero-order chi connectivity index (χ0) is 14.0. The van der Waals surface area contributed by atoms with Crippen LogP contribution in [0.15, 0.2) is 24.3 Å². The van der Waals surface area contributed by atoms with Crippen molar-refractivity contribution in [2.75, 3.05) is 0 Å². The van der Waals surface area contributed by atoms with Crippen LogP contribution in [0, 0.1) is 6.92 Å². The average molecular weight is 258 g/mol. The smallest absolute Gasteiger partial charge is 0.356 e. The number of imidazole rings is 1. The van der Waals surface area contributed by atoms with Crippen LogP contribution in [0.2, 0.25) is 0 Å². The molecule has 0 amide bonds. The zero-order valence-corrected chi connectivity index (χ0v) is 11.5. The van der Waals surface area contributed by atoms with Crippen LogP contribution in [0.1, 0.15) is 35.2 Å². The van der Waals surface area contributed by atoms with E-state index >= 15 is 0 Å². The number of aromatic carboxylic acids is 1. The SMILES string of the molecule is CCCc1ccc(-c2c(C(=O)O)nc(C)n2C)cc1. The third kappa shape index (κ3) is 2.52. The van der Waals surface area contributed by atoms with E-state index in [-0.39, 0.29) is 5.69 Å². The summed E-state index contributed by atoms with van der Waals surface area (Å²) in [7, 11) is 1.84. The molecule has 19 heavy (non-hydrogen) atoms. The molecule has 0 bridgehead atoms. The first-order valence-corrected chi connectivity index (χ1v) is 6.40. The van der Waals surface area contributed by atoms with E-state index in [4.69, 9.17) is 0 Å². The summed E-state index contributed by atoms with van der Waals surface area (Å²) in [4.78, 5) is 15.4. The van der Waals surface area contributed by atoms with Crippen LogP contribution in [0.5, 0.6) is 0 Å². The Kier molecular flexibility index (Phi) is 3.69. The molecule has 0 spiro atoms. The van der Waals surface area contributed by atoms with Crippen molar-refractivity contribution in [3.63, 3.8) is 0 Å². The van der Waals surface area contributed by atoms with Gasteiger partial charge in [0.1, 0.15) is 5.82 Å². The Balaban J connectivity index is 2.49. The standard InChI is InChI=1S/C15H18N2O2/c1-4-5-11-6-8-12(9-7-11)14-13(15(18)19)16-10(2)17(14)3/h6-9H,4-5H2,1-3H3,(H,18,19). The van der Waals surface area contributed by atoms with Crippen molar-refractivity contribution in [1.82, 2.24) is 9.55 Å². The fourth-order valence-corrected chi connectivity index (χ4v) is 2.21. The van der Waals surface area contributed by atoms with Crippen LogP contribution in [0.4, 0.5) is 0 Å². The van der Waals surface area contributed by atoms with Crippen molar-refractivity contribution in [3.05, 3.63) is 41.3 Å². The summed E-state index contributed by atoms with van der Waals surface area (Å²) in [6.07, 6.45) is 2.14. The van der Waals surface area contributed by atoms with Crippen LogP contribution < -0.4 is 0 Å². The number of carboxylic acid groups (broad SMARTS) is 1. The second-order valence-electron chi connectivity index (χ2n) is 4.67. The van der Waals surface area contributed by atoms with Crippen LogP contribution in [-0.4, -0.2) is 20.6 Å². The molecule has 1 heterocycles. The van der Waals surface area contributed by atoms with Gasteiger partial charge in [0.2, 0.25) is 0 Å². The van der Waals surface area contributed by atoms with Gasteiger partial charge in [0.05, 0.1) is 5.69 Å². The molecule has 0 aliphatic carbocycles. The lowest BCUT2D eigenvalue weighted by atomic mass is 10.0. The molecule has 2 aromatic rings. The molecule has 0 aliphatic rings. The lowest BCUT2D eigenvalue weighted by Gasteiger charge is -2.06. The van der Waals surface area contributed by atoms with E-state index in [0.717, 1.165) is 18.4 Å². The van der Waals surface area contributed by atoms with Gasteiger partial charge in [-0.05, 0) is 18.9 Å². The quantitative estimate of drug-likeness (QED) is 0.917. The van der Waals surface area contributed by atoms with Crippen molar-refractivity contribution in [2.45, 2.75) is 26.7 Å². The van der Waals surface area contributed by atoms with E-state index in [0.29, 0.717) is 11.5 Å². The first-order valence-electron chi connectivity index (χ1n) is 6.40. The summed E-state index contributed by atoms with van der Waals surface area (Å²) in [5.74, 6) is -0.290. The minimum absolute atomic E-state index is 0.114. The van der Waals surface area contributed by atoms with E-state index < -0.39 is 5.97 Å². The highest BCUT2D eigenvalue weighted by atomic mass is 16.4. The average Bonchev–Trinajstić information content (AvgIpc) is 2.68. The number of benzene rings is 1. The summed E-state index contributed by atoms with van der Waals surface area (Å²) in [6.45, 7) is 3.95. The monoisotopic (exact) mass is 258 g/mol. The summed E-state index contributed by atoms with van der Waals surface area (Å²) >= 11 is 0. The van der Waals surface area contributed by atoms with Crippen molar-refractivity contribution in [3.8, 4) is 11.3 Å². The lowest BCUT2D eigenvalue weighted by molar-refractivity contribution is 0.0692. The highest BCUT2D eigenvalue weighted by molar-refractivity contribution is 5.93. The van der Waals surface area contributed by atoms with Gasteiger partial charge in [-0.15, -0.1) is 0 Å². The molecular formula is C15H18N2O2. The van der Waals surface area contributed by atoms with Crippen LogP contribution in [-0.2, 0) is 13.5 Å². The van der Waals surface area contributed by atoms with Crippen molar-refractivity contribution in [1.29, 1.82) is 0 Å². The van der Waals surface area contributed by atoms with Gasteiger partial charge in [-0.25, -0.2) is 9.78 Å². The fraction of sp³-hybridized carbons (Fsp3) is 0.333. The molecule has 2 rings (SSSR count). The van der Waals surface area contributed by atoms with Gasteiger partial charge in [0.25, 0.3) is 0 Å². The maximum atomic E-state index is 11.3. The second-order valence-corrected chi connectivity index (χ2v) is 4.67. The molecule has 0 radical (unpaired) electrons. The molecule has 0 saturated carbocycles. The molecule has 1 aromatic carbocycles. The molecule has 0 unspecified atom stereocenters. The minimum Gasteiger partial charge on any atom is -0.476 e. The van der Waals surface area contributed by atoms with Gasteiger partial charge >= 0.3 is 5.97 Å². The summed E-state index contributed by atoms with van der Waals surface area (Å²) < 4.78 is 1.82. The van der Waals surface area contributed by atoms with E-state index in [1.807, 2.05) is 35.9 Å². The van der Waals surface area contributed by atoms with E-state index in [9.17, 15) is 9.90 Å². The fourth-order valence-electron chi connectivity index (χ4n) is 2.21. The molecule has 0 atom stereocenters. The summed E-state index contributed by atoms with van der Waals surface area (Å²) in [5, 5.41) is 9.23. The van der Waals surface area contributed by atoms with E-state index in [1.54, 1.807) is 6.92 Å². The number of aryl methyl sites for hydroxylation is 2. The van der Waals surface area contributed by atoms with Gasteiger partial charge in [0, 0.05) is 12.6 Å². The highest BCUT2D eigenvalue weighted by Gasteiger charge is 2.19. The highest BCUT2D eigenvalue weighted by Crippen LogP contribution is 2.25. The Morgan fingerprint density at radius 1 is 1.32 bits per heavy atom. The molecule has 0 aliphatic heterocycles. The zero-order valence-electron chi connectivity index (χ0n) is 11.5. The second kappa shape index (κ2) is 5.26. The number of hydrogen-bond acceptors (Lipinski definition) is 2. The Morgan fingerprint density at radius 3 is 2.47 bits per heavy atom. The third-order valence-electron chi connectivity index (χ3n) is 3.29. The number of rotatable bonds is 4. The number of nitrogens with zero attached hydrogens (tertiary/aromatic N) is 2. The topological polar surface area (TPSA) is 55.1 Å². The normalized spacial score (nSPS) is 10.7. The van der Waals surface area contributed by atoms with E-state index in [2.05, 4.69) is 11.9 Å². The van der Waals surface area contributed by atoms with Crippen LogP contribution in [0.25, 0.3) is 11.3 Å². The maximum Gasteiger partial charge on any atom is 0.356 e. The predicted molar refractivity (Wildman–Crippen MR) is 74.3 cm³/mol. The Labute approximate surface area is 112 Å². The first-order chi connectivity index (χ1) is 9.04. The Hall–Kier alpha value is -2.10. The summed E-state index contributed by atoms with van der Waals surface area (Å²) in [6, 6.07) is 8.03. The molecule has 100 valence electrons. The number of carbonyl (C=O) groups is 1. The van der Waals surface area contributed by atoms with Gasteiger partial charge in [-0.2, -0.15) is 0 Å². The molecule has 4 nitrogen and oxygen atoms in total. The Bertz CT molecular complexity index is 597. The van der Waals surface area contributed by atoms with Gasteiger partial charge in [-0.1, -0.05) is 37.6 Å². The number of carboxylic acids is 1.